The van der Waals surface area contributed by atoms with Gasteiger partial charge in [0, 0.05) is 5.54 Å². The maximum atomic E-state index is 11.7. The molecule has 0 saturated carbocycles. The van der Waals surface area contributed by atoms with Gasteiger partial charge in [-0.3, -0.25) is 9.69 Å². The lowest BCUT2D eigenvalue weighted by molar-refractivity contribution is -0.146. The molecular weight excluding hydrogens is 202 g/mol. The average Bonchev–Trinajstić information content (AvgIpc) is 2.29. The van der Waals surface area contributed by atoms with E-state index in [4.69, 9.17) is 4.74 Å². The van der Waals surface area contributed by atoms with Gasteiger partial charge < -0.3 is 4.74 Å². The summed E-state index contributed by atoms with van der Waals surface area (Å²) in [5.41, 5.74) is -0.0181. The van der Waals surface area contributed by atoms with Crippen LogP contribution in [0.5, 0.6) is 0 Å². The number of carbonyl (C=O) groups excluding carboxylic acids is 1. The molecule has 0 aromatic rings. The number of hydrogen-bond acceptors (Lipinski definition) is 3. The van der Waals surface area contributed by atoms with E-state index in [2.05, 4.69) is 32.6 Å². The Morgan fingerprint density at radius 2 is 1.56 bits per heavy atom. The van der Waals surface area contributed by atoms with Gasteiger partial charge in [0.05, 0.1) is 13.0 Å². The fourth-order valence-corrected chi connectivity index (χ4v) is 2.43. The minimum Gasteiger partial charge on any atom is -0.466 e. The average molecular weight is 229 g/mol. The lowest BCUT2D eigenvalue weighted by atomic mass is 9.87. The maximum absolute atomic E-state index is 11.7. The van der Waals surface area contributed by atoms with E-state index >= 15 is 0 Å². The lowest BCUT2D eigenvalue weighted by Crippen LogP contribution is -2.49. The van der Waals surface area contributed by atoms with Crippen molar-refractivity contribution >= 4 is 5.97 Å². The van der Waals surface area contributed by atoms with Crippen LogP contribution in [0.1, 0.15) is 53.9 Å². The predicted molar refractivity (Wildman–Crippen MR) is 67.5 cm³/mol. The second kappa shape index (κ2) is 7.66. The van der Waals surface area contributed by atoms with Crippen LogP contribution in [-0.4, -0.2) is 36.1 Å². The zero-order chi connectivity index (χ0) is 12.6. The Kier molecular flexibility index (Phi) is 7.39. The zero-order valence-corrected chi connectivity index (χ0v) is 11.5. The number of hydrogen-bond donors (Lipinski definition) is 0. The summed E-state index contributed by atoms with van der Waals surface area (Å²) in [7, 11) is 0. The number of esters is 1. The van der Waals surface area contributed by atoms with Crippen molar-refractivity contribution in [2.45, 2.75) is 59.4 Å². The molecule has 0 saturated heterocycles. The monoisotopic (exact) mass is 229 g/mol. The molecule has 0 atom stereocenters. The van der Waals surface area contributed by atoms with E-state index in [1.165, 1.54) is 0 Å². The van der Waals surface area contributed by atoms with Gasteiger partial charge in [0.25, 0.3) is 0 Å². The summed E-state index contributed by atoms with van der Waals surface area (Å²) in [5, 5.41) is 0. The third kappa shape index (κ3) is 3.78. The molecule has 0 aliphatic heterocycles. The highest BCUT2D eigenvalue weighted by molar-refractivity contribution is 5.70. The van der Waals surface area contributed by atoms with Crippen LogP contribution in [-0.2, 0) is 9.53 Å². The van der Waals surface area contributed by atoms with Gasteiger partial charge in [0.1, 0.15) is 0 Å². The maximum Gasteiger partial charge on any atom is 0.307 e. The van der Waals surface area contributed by atoms with Crippen molar-refractivity contribution in [2.75, 3.05) is 19.7 Å². The fraction of sp³-hybridized carbons (Fsp3) is 0.923. The predicted octanol–water partition coefficient (Wildman–Crippen LogP) is 2.84. The van der Waals surface area contributed by atoms with Crippen LogP contribution >= 0.6 is 0 Å². The summed E-state index contributed by atoms with van der Waals surface area (Å²) >= 11 is 0. The van der Waals surface area contributed by atoms with Crippen molar-refractivity contribution in [3.63, 3.8) is 0 Å². The zero-order valence-electron chi connectivity index (χ0n) is 11.5. The molecule has 0 heterocycles. The summed E-state index contributed by atoms with van der Waals surface area (Å²) in [6.45, 7) is 12.9. The lowest BCUT2D eigenvalue weighted by Gasteiger charge is -2.41. The highest BCUT2D eigenvalue weighted by atomic mass is 16.5. The Balaban J connectivity index is 4.72. The molecule has 0 aliphatic rings. The molecule has 0 N–H and O–H groups in total. The molecular formula is C13H27NO2. The smallest absolute Gasteiger partial charge is 0.307 e. The van der Waals surface area contributed by atoms with Gasteiger partial charge in [-0.2, -0.15) is 0 Å². The van der Waals surface area contributed by atoms with Gasteiger partial charge in [-0.15, -0.1) is 0 Å². The van der Waals surface area contributed by atoms with E-state index in [0.717, 1.165) is 25.9 Å². The van der Waals surface area contributed by atoms with Crippen molar-refractivity contribution in [1.29, 1.82) is 0 Å². The Bertz CT molecular complexity index is 196. The van der Waals surface area contributed by atoms with Crippen LogP contribution < -0.4 is 0 Å². The van der Waals surface area contributed by atoms with E-state index in [1.807, 2.05) is 6.92 Å². The highest BCUT2D eigenvalue weighted by Gasteiger charge is 2.34. The van der Waals surface area contributed by atoms with Crippen LogP contribution in [0, 0.1) is 0 Å². The highest BCUT2D eigenvalue weighted by Crippen LogP contribution is 2.28. The van der Waals surface area contributed by atoms with Crippen molar-refractivity contribution in [3.05, 3.63) is 0 Å². The Hall–Kier alpha value is -0.570. The molecule has 0 amide bonds. The van der Waals surface area contributed by atoms with Crippen LogP contribution in [0.4, 0.5) is 0 Å². The minimum atomic E-state index is -0.0712. The number of rotatable bonds is 8. The summed E-state index contributed by atoms with van der Waals surface area (Å²) in [6.07, 6.45) is 2.49. The largest absolute Gasteiger partial charge is 0.466 e. The van der Waals surface area contributed by atoms with Crippen molar-refractivity contribution in [1.82, 2.24) is 4.90 Å². The van der Waals surface area contributed by atoms with Gasteiger partial charge in [-0.05, 0) is 32.9 Å². The third-order valence-corrected chi connectivity index (χ3v) is 3.53. The van der Waals surface area contributed by atoms with Crippen LogP contribution in [0.3, 0.4) is 0 Å². The normalized spacial score (nSPS) is 11.9. The Labute approximate surface area is 100 Å². The van der Waals surface area contributed by atoms with Gasteiger partial charge in [0.2, 0.25) is 0 Å². The molecule has 96 valence electrons. The molecule has 3 heteroatoms. The minimum absolute atomic E-state index is 0.0181. The first-order valence-electron chi connectivity index (χ1n) is 6.50. The first-order valence-corrected chi connectivity index (χ1v) is 6.50. The Morgan fingerprint density at radius 3 is 1.88 bits per heavy atom. The summed E-state index contributed by atoms with van der Waals surface area (Å²) < 4.78 is 5.07. The first-order chi connectivity index (χ1) is 7.60. The van der Waals surface area contributed by atoms with Crippen molar-refractivity contribution in [3.8, 4) is 0 Å². The number of ether oxygens (including phenoxy) is 1. The molecule has 0 rings (SSSR count). The van der Waals surface area contributed by atoms with Crippen molar-refractivity contribution in [2.24, 2.45) is 0 Å². The summed E-state index contributed by atoms with van der Waals surface area (Å²) in [5.74, 6) is -0.0712. The van der Waals surface area contributed by atoms with Crippen LogP contribution in [0.15, 0.2) is 0 Å². The Morgan fingerprint density at radius 1 is 1.06 bits per heavy atom. The number of nitrogens with zero attached hydrogens (tertiary/aromatic N) is 1. The van der Waals surface area contributed by atoms with Crippen LogP contribution in [0.25, 0.3) is 0 Å². The van der Waals surface area contributed by atoms with Gasteiger partial charge >= 0.3 is 5.97 Å². The van der Waals surface area contributed by atoms with E-state index in [-0.39, 0.29) is 11.5 Å². The molecule has 0 aromatic heterocycles. The van der Waals surface area contributed by atoms with E-state index in [0.29, 0.717) is 13.0 Å². The van der Waals surface area contributed by atoms with E-state index in [1.54, 1.807) is 0 Å². The molecule has 0 aliphatic carbocycles. The quantitative estimate of drug-likeness (QED) is 0.599. The fourth-order valence-electron chi connectivity index (χ4n) is 2.43. The van der Waals surface area contributed by atoms with Crippen molar-refractivity contribution < 1.29 is 9.53 Å². The molecule has 16 heavy (non-hydrogen) atoms. The molecule has 0 unspecified atom stereocenters. The standard InChI is InChI=1S/C13H27NO2/c1-6-13(7-2,14(8-3)9-4)11-12(15)16-10-5/h6-11H2,1-5H3. The van der Waals surface area contributed by atoms with Gasteiger partial charge in [-0.25, -0.2) is 0 Å². The molecule has 0 radical (unpaired) electrons. The van der Waals surface area contributed by atoms with Gasteiger partial charge in [0.15, 0.2) is 0 Å². The first kappa shape index (κ1) is 15.4. The summed E-state index contributed by atoms with van der Waals surface area (Å²) in [6, 6.07) is 0. The second-order valence-electron chi connectivity index (χ2n) is 4.09. The van der Waals surface area contributed by atoms with Crippen LogP contribution in [0.2, 0.25) is 0 Å². The summed E-state index contributed by atoms with van der Waals surface area (Å²) in [4.78, 5) is 14.0. The molecule has 0 aromatic carbocycles. The topological polar surface area (TPSA) is 29.5 Å². The molecule has 3 nitrogen and oxygen atoms in total. The second-order valence-corrected chi connectivity index (χ2v) is 4.09. The van der Waals surface area contributed by atoms with E-state index in [9.17, 15) is 4.79 Å². The third-order valence-electron chi connectivity index (χ3n) is 3.53. The van der Waals surface area contributed by atoms with E-state index < -0.39 is 0 Å². The number of carbonyl (C=O) groups is 1. The molecule has 0 spiro atoms. The SMILES string of the molecule is CCOC(=O)CC(CC)(CC)N(CC)CC. The van der Waals surface area contributed by atoms with Gasteiger partial charge in [-0.1, -0.05) is 27.7 Å². The molecule has 0 bridgehead atoms. The molecule has 0 fully saturated rings.